The van der Waals surface area contributed by atoms with E-state index in [1.54, 1.807) is 0 Å². The summed E-state index contributed by atoms with van der Waals surface area (Å²) >= 11 is 0. The third-order valence-electron chi connectivity index (χ3n) is 4.94. The average molecular weight is 317 g/mol. The Bertz CT molecular complexity index is 973. The van der Waals surface area contributed by atoms with E-state index < -0.39 is 0 Å². The van der Waals surface area contributed by atoms with E-state index in [1.165, 1.54) is 18.2 Å². The minimum absolute atomic E-state index is 0.122. The summed E-state index contributed by atoms with van der Waals surface area (Å²) in [5.74, 6) is -0.308. The molecule has 0 atom stereocenters. The maximum atomic E-state index is 11.8. The van der Waals surface area contributed by atoms with Gasteiger partial charge < -0.3 is 10.1 Å². The first-order valence-electron chi connectivity index (χ1n) is 8.04. The highest BCUT2D eigenvalue weighted by molar-refractivity contribution is 5.99. The van der Waals surface area contributed by atoms with Gasteiger partial charge in [0.1, 0.15) is 0 Å². The van der Waals surface area contributed by atoms with Gasteiger partial charge >= 0.3 is 5.97 Å². The van der Waals surface area contributed by atoms with E-state index in [4.69, 9.17) is 4.74 Å². The summed E-state index contributed by atoms with van der Waals surface area (Å²) in [4.78, 5) is 11.8. The molecule has 0 aromatic heterocycles. The second-order valence-electron chi connectivity index (χ2n) is 6.71. The number of rotatable bonds is 1. The highest BCUT2D eigenvalue weighted by Crippen LogP contribution is 2.48. The minimum atomic E-state index is -0.308. The van der Waals surface area contributed by atoms with Gasteiger partial charge in [-0.25, -0.2) is 4.79 Å². The number of fused-ring (bicyclic) bond motifs is 4. The zero-order valence-electron chi connectivity index (χ0n) is 14.0. The lowest BCUT2D eigenvalue weighted by Crippen LogP contribution is -2.26. The van der Waals surface area contributed by atoms with Crippen molar-refractivity contribution in [1.29, 1.82) is 0 Å². The predicted octanol–water partition coefficient (Wildman–Crippen LogP) is 5.01. The molecule has 0 aliphatic carbocycles. The Kier molecular flexibility index (Phi) is 3.14. The predicted molar refractivity (Wildman–Crippen MR) is 97.1 cm³/mol. The van der Waals surface area contributed by atoms with Gasteiger partial charge in [-0.3, -0.25) is 0 Å². The lowest BCUT2D eigenvalue weighted by molar-refractivity contribution is 0.0601. The van der Waals surface area contributed by atoms with Crippen molar-refractivity contribution < 1.29 is 9.53 Å². The molecule has 3 heteroatoms. The summed E-state index contributed by atoms with van der Waals surface area (Å²) in [5, 5.41) is 5.75. The Hall–Kier alpha value is -2.81. The van der Waals surface area contributed by atoms with Gasteiger partial charge in [0.25, 0.3) is 0 Å². The van der Waals surface area contributed by atoms with Gasteiger partial charge in [0.15, 0.2) is 0 Å². The smallest absolute Gasteiger partial charge is 0.337 e. The number of carbonyl (C=O) groups is 1. The first-order valence-corrected chi connectivity index (χ1v) is 8.04. The number of ether oxygens (including phenoxy) is 1. The fourth-order valence-electron chi connectivity index (χ4n) is 3.77. The van der Waals surface area contributed by atoms with Crippen molar-refractivity contribution in [1.82, 2.24) is 0 Å². The van der Waals surface area contributed by atoms with Crippen LogP contribution in [0.4, 0.5) is 11.4 Å². The molecule has 0 amide bonds. The topological polar surface area (TPSA) is 38.3 Å². The molecule has 1 heterocycles. The van der Waals surface area contributed by atoms with Gasteiger partial charge in [-0.15, -0.1) is 0 Å². The molecule has 0 fully saturated rings. The Labute approximate surface area is 141 Å². The highest BCUT2D eigenvalue weighted by atomic mass is 16.5. The zero-order chi connectivity index (χ0) is 16.9. The highest BCUT2D eigenvalue weighted by Gasteiger charge is 2.33. The van der Waals surface area contributed by atoms with Crippen molar-refractivity contribution in [2.75, 3.05) is 12.4 Å². The first-order chi connectivity index (χ1) is 11.5. The molecule has 120 valence electrons. The van der Waals surface area contributed by atoms with Gasteiger partial charge in [-0.05, 0) is 46.2 Å². The average Bonchev–Trinajstić information content (AvgIpc) is 2.60. The van der Waals surface area contributed by atoms with Crippen LogP contribution in [0, 0.1) is 0 Å². The van der Waals surface area contributed by atoms with Crippen molar-refractivity contribution in [3.63, 3.8) is 0 Å². The summed E-state index contributed by atoms with van der Waals surface area (Å²) in [7, 11) is 1.41. The Morgan fingerprint density at radius 1 is 1.00 bits per heavy atom. The molecule has 3 aromatic rings. The quantitative estimate of drug-likeness (QED) is 0.641. The van der Waals surface area contributed by atoms with E-state index in [2.05, 4.69) is 55.6 Å². The fraction of sp³-hybridized carbons (Fsp3) is 0.190. The van der Waals surface area contributed by atoms with Crippen molar-refractivity contribution >= 4 is 28.1 Å². The minimum Gasteiger partial charge on any atom is -0.465 e. The van der Waals surface area contributed by atoms with Crippen LogP contribution < -0.4 is 5.32 Å². The van der Waals surface area contributed by atoms with Crippen LogP contribution in [0.25, 0.3) is 10.8 Å². The number of carbonyl (C=O) groups excluding carboxylic acids is 1. The third kappa shape index (κ3) is 2.01. The lowest BCUT2D eigenvalue weighted by Gasteiger charge is -2.36. The molecule has 3 aromatic carbocycles. The molecule has 0 saturated heterocycles. The molecular formula is C21H19NO2. The molecule has 1 N–H and O–H groups in total. The Balaban J connectivity index is 1.97. The van der Waals surface area contributed by atoms with E-state index in [9.17, 15) is 4.79 Å². The molecule has 3 nitrogen and oxygen atoms in total. The number of anilines is 2. The molecule has 1 aliphatic heterocycles. The monoisotopic (exact) mass is 317 g/mol. The number of para-hydroxylation sites is 1. The summed E-state index contributed by atoms with van der Waals surface area (Å²) in [5.41, 5.74) is 5.27. The van der Waals surface area contributed by atoms with Crippen LogP contribution in [0.3, 0.4) is 0 Å². The first kappa shape index (κ1) is 14.8. The largest absolute Gasteiger partial charge is 0.465 e. The molecule has 24 heavy (non-hydrogen) atoms. The zero-order valence-corrected chi connectivity index (χ0v) is 14.0. The van der Waals surface area contributed by atoms with E-state index >= 15 is 0 Å². The van der Waals surface area contributed by atoms with E-state index in [0.717, 1.165) is 22.1 Å². The Morgan fingerprint density at radius 3 is 2.58 bits per heavy atom. The molecule has 0 saturated carbocycles. The fourth-order valence-corrected chi connectivity index (χ4v) is 3.77. The number of methoxy groups -OCH3 is 1. The summed E-state index contributed by atoms with van der Waals surface area (Å²) in [6.45, 7) is 4.50. The van der Waals surface area contributed by atoms with E-state index in [1.807, 2.05) is 18.2 Å². The number of hydrogen-bond donors (Lipinski definition) is 1. The van der Waals surface area contributed by atoms with Crippen molar-refractivity contribution in [3.8, 4) is 0 Å². The SMILES string of the molecule is COC(=O)c1ccc2c3c(ccc2c1)Nc1ccccc1C3(C)C. The standard InChI is InChI=1S/C21H19NO2/c1-21(2)16-6-4-5-7-17(16)22-18-11-9-13-12-14(20(23)24-3)8-10-15(13)19(18)21/h4-12,22H,1-3H3. The molecule has 0 spiro atoms. The third-order valence-corrected chi connectivity index (χ3v) is 4.94. The molecular weight excluding hydrogens is 298 g/mol. The maximum Gasteiger partial charge on any atom is 0.337 e. The van der Waals surface area contributed by atoms with Crippen LogP contribution >= 0.6 is 0 Å². The van der Waals surface area contributed by atoms with Crippen LogP contribution in [-0.2, 0) is 10.2 Å². The van der Waals surface area contributed by atoms with Gasteiger partial charge in [0, 0.05) is 16.8 Å². The summed E-state index contributed by atoms with van der Waals surface area (Å²) in [6.07, 6.45) is 0. The second kappa shape index (κ2) is 5.10. The van der Waals surface area contributed by atoms with Crippen LogP contribution in [0.2, 0.25) is 0 Å². The number of esters is 1. The van der Waals surface area contributed by atoms with Crippen molar-refractivity contribution in [2.24, 2.45) is 0 Å². The molecule has 0 unspecified atom stereocenters. The number of hydrogen-bond acceptors (Lipinski definition) is 3. The molecule has 1 aliphatic rings. The van der Waals surface area contributed by atoms with Gasteiger partial charge in [-0.1, -0.05) is 44.2 Å². The van der Waals surface area contributed by atoms with Crippen LogP contribution in [0.15, 0.2) is 54.6 Å². The normalized spacial score (nSPS) is 14.5. The molecule has 4 rings (SSSR count). The van der Waals surface area contributed by atoms with Crippen molar-refractivity contribution in [2.45, 2.75) is 19.3 Å². The molecule has 0 radical (unpaired) electrons. The lowest BCUT2D eigenvalue weighted by atomic mass is 9.72. The maximum absolute atomic E-state index is 11.8. The van der Waals surface area contributed by atoms with E-state index in [-0.39, 0.29) is 11.4 Å². The Morgan fingerprint density at radius 2 is 1.79 bits per heavy atom. The molecule has 0 bridgehead atoms. The summed E-state index contributed by atoms with van der Waals surface area (Å²) < 4.78 is 4.83. The van der Waals surface area contributed by atoms with Gasteiger partial charge in [0.2, 0.25) is 0 Å². The summed E-state index contributed by atoms with van der Waals surface area (Å²) in [6, 6.07) is 18.3. The second-order valence-corrected chi connectivity index (χ2v) is 6.71. The van der Waals surface area contributed by atoms with Crippen LogP contribution in [0.1, 0.15) is 35.3 Å². The van der Waals surface area contributed by atoms with Crippen molar-refractivity contribution in [3.05, 3.63) is 71.3 Å². The van der Waals surface area contributed by atoms with Gasteiger partial charge in [0.05, 0.1) is 12.7 Å². The van der Waals surface area contributed by atoms with Crippen LogP contribution in [-0.4, -0.2) is 13.1 Å². The number of nitrogens with one attached hydrogen (secondary N) is 1. The van der Waals surface area contributed by atoms with E-state index in [0.29, 0.717) is 5.56 Å². The van der Waals surface area contributed by atoms with Crippen LogP contribution in [0.5, 0.6) is 0 Å². The van der Waals surface area contributed by atoms with Gasteiger partial charge in [-0.2, -0.15) is 0 Å². The number of benzene rings is 3.